The van der Waals surface area contributed by atoms with Crippen LogP contribution in [-0.4, -0.2) is 10.1 Å². The molecule has 4 heteroatoms. The molecule has 3 nitrogen and oxygen atoms in total. The molecule has 0 saturated heterocycles. The highest BCUT2D eigenvalue weighted by atomic mass is 32.1. The predicted octanol–water partition coefficient (Wildman–Crippen LogP) is 3.27. The Balaban J connectivity index is 2.33. The summed E-state index contributed by atoms with van der Waals surface area (Å²) in [6, 6.07) is 6.06. The van der Waals surface area contributed by atoms with Crippen LogP contribution in [0.3, 0.4) is 0 Å². The van der Waals surface area contributed by atoms with Gasteiger partial charge in [-0.2, -0.15) is 5.26 Å². The summed E-state index contributed by atoms with van der Waals surface area (Å²) in [4.78, 5) is 5.24. The number of hydrogen-bond acceptors (Lipinski definition) is 4. The van der Waals surface area contributed by atoms with E-state index in [2.05, 4.69) is 11.1 Å². The van der Waals surface area contributed by atoms with Crippen LogP contribution in [0.4, 0.5) is 0 Å². The number of nitrogens with zero attached hydrogens (tertiary/aromatic N) is 2. The molecule has 1 aliphatic rings. The molecule has 0 spiro atoms. The fourth-order valence-electron chi connectivity index (χ4n) is 2.53. The van der Waals surface area contributed by atoms with Gasteiger partial charge in [0.2, 0.25) is 5.88 Å². The molecule has 3 rings (SSSR count). The normalized spacial score (nSPS) is 13.9. The summed E-state index contributed by atoms with van der Waals surface area (Å²) in [7, 11) is 0. The molecule has 2 aromatic rings. The highest BCUT2D eigenvalue weighted by molar-refractivity contribution is 7.13. The second kappa shape index (κ2) is 4.43. The minimum atomic E-state index is -0.124. The average Bonchev–Trinajstić information content (AvgIpc) is 2.90. The van der Waals surface area contributed by atoms with Gasteiger partial charge in [-0.1, -0.05) is 6.07 Å². The van der Waals surface area contributed by atoms with E-state index in [0.717, 1.165) is 47.4 Å². The van der Waals surface area contributed by atoms with Gasteiger partial charge in [0, 0.05) is 16.1 Å². The van der Waals surface area contributed by atoms with Crippen LogP contribution >= 0.6 is 11.3 Å². The average molecular weight is 256 g/mol. The number of aromatic hydroxyl groups is 1. The Hall–Kier alpha value is -1.86. The van der Waals surface area contributed by atoms with E-state index in [4.69, 9.17) is 0 Å². The molecule has 18 heavy (non-hydrogen) atoms. The number of nitriles is 1. The zero-order valence-electron chi connectivity index (χ0n) is 9.81. The van der Waals surface area contributed by atoms with E-state index >= 15 is 0 Å². The van der Waals surface area contributed by atoms with Crippen LogP contribution in [0.5, 0.6) is 5.88 Å². The second-order valence-electron chi connectivity index (χ2n) is 4.41. The summed E-state index contributed by atoms with van der Waals surface area (Å²) in [6.07, 6.45) is 4.08. The van der Waals surface area contributed by atoms with Crippen molar-refractivity contribution in [2.75, 3.05) is 0 Å². The van der Waals surface area contributed by atoms with Crippen LogP contribution in [0, 0.1) is 11.3 Å². The molecule has 0 fully saturated rings. The van der Waals surface area contributed by atoms with E-state index in [0.29, 0.717) is 5.56 Å². The van der Waals surface area contributed by atoms with Gasteiger partial charge in [0.05, 0.1) is 0 Å². The monoisotopic (exact) mass is 256 g/mol. The van der Waals surface area contributed by atoms with Crippen molar-refractivity contribution in [1.82, 2.24) is 4.98 Å². The van der Waals surface area contributed by atoms with Crippen LogP contribution in [0.1, 0.15) is 29.7 Å². The lowest BCUT2D eigenvalue weighted by molar-refractivity contribution is 0.447. The van der Waals surface area contributed by atoms with Crippen molar-refractivity contribution in [2.45, 2.75) is 25.7 Å². The van der Waals surface area contributed by atoms with Gasteiger partial charge in [0.1, 0.15) is 11.6 Å². The van der Waals surface area contributed by atoms with Gasteiger partial charge in [-0.25, -0.2) is 4.98 Å². The maximum atomic E-state index is 9.92. The van der Waals surface area contributed by atoms with E-state index in [1.54, 1.807) is 11.3 Å². The Morgan fingerprint density at radius 3 is 2.89 bits per heavy atom. The van der Waals surface area contributed by atoms with Crippen molar-refractivity contribution in [3.05, 3.63) is 34.3 Å². The van der Waals surface area contributed by atoms with Gasteiger partial charge in [-0.05, 0) is 42.7 Å². The molecular weight excluding hydrogens is 244 g/mol. The third-order valence-corrected chi connectivity index (χ3v) is 4.22. The summed E-state index contributed by atoms with van der Waals surface area (Å²) in [6.45, 7) is 0. The predicted molar refractivity (Wildman–Crippen MR) is 70.6 cm³/mol. The third kappa shape index (κ3) is 1.68. The van der Waals surface area contributed by atoms with Gasteiger partial charge in [0.15, 0.2) is 0 Å². The zero-order valence-corrected chi connectivity index (χ0v) is 10.6. The molecule has 2 aromatic heterocycles. The van der Waals surface area contributed by atoms with Crippen molar-refractivity contribution in [3.8, 4) is 22.4 Å². The van der Waals surface area contributed by atoms with E-state index in [1.165, 1.54) is 0 Å². The Morgan fingerprint density at radius 1 is 1.33 bits per heavy atom. The SMILES string of the molecule is N#Cc1c(O)nc2c(c1-c1cccs1)CCCC2. The number of pyridine rings is 1. The molecule has 0 aliphatic heterocycles. The topological polar surface area (TPSA) is 56.9 Å². The maximum absolute atomic E-state index is 9.92. The van der Waals surface area contributed by atoms with Gasteiger partial charge >= 0.3 is 0 Å². The molecule has 1 aliphatic carbocycles. The van der Waals surface area contributed by atoms with Crippen molar-refractivity contribution in [1.29, 1.82) is 5.26 Å². The summed E-state index contributed by atoms with van der Waals surface area (Å²) in [5.74, 6) is -0.124. The van der Waals surface area contributed by atoms with Gasteiger partial charge < -0.3 is 5.11 Å². The Morgan fingerprint density at radius 2 is 2.17 bits per heavy atom. The van der Waals surface area contributed by atoms with Gasteiger partial charge in [0.25, 0.3) is 0 Å². The summed E-state index contributed by atoms with van der Waals surface area (Å²) < 4.78 is 0. The largest absolute Gasteiger partial charge is 0.492 e. The quantitative estimate of drug-likeness (QED) is 0.852. The van der Waals surface area contributed by atoms with E-state index in [1.807, 2.05) is 17.5 Å². The fourth-order valence-corrected chi connectivity index (χ4v) is 3.33. The number of aromatic nitrogens is 1. The molecule has 0 unspecified atom stereocenters. The molecule has 1 N–H and O–H groups in total. The smallest absolute Gasteiger partial charge is 0.230 e. The van der Waals surface area contributed by atoms with Crippen molar-refractivity contribution in [3.63, 3.8) is 0 Å². The first-order chi connectivity index (χ1) is 8.81. The first-order valence-electron chi connectivity index (χ1n) is 6.00. The number of aryl methyl sites for hydroxylation is 1. The highest BCUT2D eigenvalue weighted by Crippen LogP contribution is 2.38. The molecule has 90 valence electrons. The molecule has 0 aromatic carbocycles. The lowest BCUT2D eigenvalue weighted by Gasteiger charge is -2.19. The van der Waals surface area contributed by atoms with Crippen LogP contribution in [0.15, 0.2) is 17.5 Å². The molecule has 2 heterocycles. The van der Waals surface area contributed by atoms with Crippen molar-refractivity contribution >= 4 is 11.3 Å². The summed E-state index contributed by atoms with van der Waals surface area (Å²) >= 11 is 1.60. The molecule has 0 atom stereocenters. The van der Waals surface area contributed by atoms with Crippen LogP contribution in [0.2, 0.25) is 0 Å². The van der Waals surface area contributed by atoms with E-state index < -0.39 is 0 Å². The lowest BCUT2D eigenvalue weighted by Crippen LogP contribution is -2.08. The molecule has 0 bridgehead atoms. The zero-order chi connectivity index (χ0) is 12.5. The van der Waals surface area contributed by atoms with Crippen molar-refractivity contribution in [2.24, 2.45) is 0 Å². The fraction of sp³-hybridized carbons (Fsp3) is 0.286. The standard InChI is InChI=1S/C14H12N2OS/c15-8-10-13(12-6-3-7-18-12)9-4-1-2-5-11(9)16-14(10)17/h3,6-7H,1-2,4-5H2,(H,16,17). The molecule has 0 radical (unpaired) electrons. The lowest BCUT2D eigenvalue weighted by atomic mass is 9.89. The molecular formula is C14H12N2OS. The van der Waals surface area contributed by atoms with Gasteiger partial charge in [-0.15, -0.1) is 11.3 Å². The minimum Gasteiger partial charge on any atom is -0.492 e. The first kappa shape index (κ1) is 11.2. The summed E-state index contributed by atoms with van der Waals surface area (Å²) in [5.41, 5.74) is 3.33. The number of thiophene rings is 1. The first-order valence-corrected chi connectivity index (χ1v) is 6.88. The number of hydrogen-bond donors (Lipinski definition) is 1. The van der Waals surface area contributed by atoms with Crippen molar-refractivity contribution < 1.29 is 5.11 Å². The van der Waals surface area contributed by atoms with E-state index in [-0.39, 0.29) is 5.88 Å². The van der Waals surface area contributed by atoms with Gasteiger partial charge in [-0.3, -0.25) is 0 Å². The highest BCUT2D eigenvalue weighted by Gasteiger charge is 2.22. The maximum Gasteiger partial charge on any atom is 0.230 e. The van der Waals surface area contributed by atoms with Crippen LogP contribution in [-0.2, 0) is 12.8 Å². The van der Waals surface area contributed by atoms with Crippen LogP contribution < -0.4 is 0 Å². The second-order valence-corrected chi connectivity index (χ2v) is 5.35. The third-order valence-electron chi connectivity index (χ3n) is 3.33. The Bertz CT molecular complexity index is 626. The molecule has 0 saturated carbocycles. The van der Waals surface area contributed by atoms with E-state index in [9.17, 15) is 10.4 Å². The van der Waals surface area contributed by atoms with Crippen LogP contribution in [0.25, 0.3) is 10.4 Å². The Labute approximate surface area is 109 Å². The summed E-state index contributed by atoms with van der Waals surface area (Å²) in [5, 5.41) is 21.2. The molecule has 0 amide bonds. The Kier molecular flexibility index (Phi) is 2.77. The number of fused-ring (bicyclic) bond motifs is 1. The number of rotatable bonds is 1. The minimum absolute atomic E-state index is 0.124.